The number of amidine groups is 1. The molecule has 0 radical (unpaired) electrons. The monoisotopic (exact) mass is 457 g/mol. The van der Waals surface area contributed by atoms with Crippen molar-refractivity contribution in [3.05, 3.63) is 47.5 Å². The number of hydrogen-bond acceptors (Lipinski definition) is 8. The van der Waals surface area contributed by atoms with Crippen molar-refractivity contribution in [1.82, 2.24) is 4.90 Å². The van der Waals surface area contributed by atoms with Crippen molar-refractivity contribution in [3.8, 4) is 23.0 Å². The van der Waals surface area contributed by atoms with Gasteiger partial charge in [0, 0.05) is 6.54 Å². The zero-order valence-corrected chi connectivity index (χ0v) is 19.5. The molecule has 1 aliphatic rings. The van der Waals surface area contributed by atoms with Crippen molar-refractivity contribution in [3.63, 3.8) is 0 Å². The molecule has 0 N–H and O–H groups in total. The first-order valence-electron chi connectivity index (χ1n) is 10.2. The second kappa shape index (κ2) is 11.4. The summed E-state index contributed by atoms with van der Waals surface area (Å²) in [7, 11) is 4.80. The first-order valence-corrected chi connectivity index (χ1v) is 11.1. The summed E-state index contributed by atoms with van der Waals surface area (Å²) in [5, 5.41) is 9.04. The van der Waals surface area contributed by atoms with Crippen LogP contribution in [0.3, 0.4) is 0 Å². The predicted molar refractivity (Wildman–Crippen MR) is 127 cm³/mol. The minimum absolute atomic E-state index is 0.0205. The number of methoxy groups -OCH3 is 3. The Morgan fingerprint density at radius 3 is 2.44 bits per heavy atom. The van der Waals surface area contributed by atoms with Gasteiger partial charge in [-0.25, -0.2) is 0 Å². The second-order valence-electron chi connectivity index (χ2n) is 6.74. The molecule has 0 aliphatic carbocycles. The molecule has 1 heterocycles. The average molecular weight is 458 g/mol. The topological polar surface area (TPSA) is 82.0 Å². The summed E-state index contributed by atoms with van der Waals surface area (Å²) in [6.45, 7) is 2.98. The van der Waals surface area contributed by atoms with Gasteiger partial charge in [0.05, 0.1) is 39.9 Å². The molecule has 32 heavy (non-hydrogen) atoms. The van der Waals surface area contributed by atoms with Crippen LogP contribution in [0.15, 0.2) is 46.6 Å². The van der Waals surface area contributed by atoms with Crippen molar-refractivity contribution in [1.29, 1.82) is 0 Å². The Morgan fingerprint density at radius 1 is 1.00 bits per heavy atom. The standard InChI is InChI=1S/C23H27N3O5S/c1-5-31-19-9-7-17(13-21(19)30-4)14-24-25-23-26(22(27)15-32-23)11-10-16-6-8-18(28-2)20(12-16)29-3/h6-9,12-14H,5,10-11,15H2,1-4H3/b24-14-,25-23+. The number of carbonyl (C=O) groups is 1. The van der Waals surface area contributed by atoms with Crippen LogP contribution in [0.1, 0.15) is 18.1 Å². The number of thioether (sulfide) groups is 1. The maximum Gasteiger partial charge on any atom is 0.239 e. The summed E-state index contributed by atoms with van der Waals surface area (Å²) in [6.07, 6.45) is 2.28. The lowest BCUT2D eigenvalue weighted by Gasteiger charge is -2.16. The largest absolute Gasteiger partial charge is 0.493 e. The third-order valence-electron chi connectivity index (χ3n) is 4.77. The minimum Gasteiger partial charge on any atom is -0.493 e. The van der Waals surface area contributed by atoms with E-state index in [1.54, 1.807) is 32.4 Å². The average Bonchev–Trinajstić information content (AvgIpc) is 3.17. The van der Waals surface area contributed by atoms with E-state index < -0.39 is 0 Å². The Morgan fingerprint density at radius 2 is 1.72 bits per heavy atom. The zero-order valence-electron chi connectivity index (χ0n) is 18.7. The highest BCUT2D eigenvalue weighted by molar-refractivity contribution is 8.15. The number of ether oxygens (including phenoxy) is 4. The van der Waals surface area contributed by atoms with Gasteiger partial charge in [0.1, 0.15) is 0 Å². The molecular weight excluding hydrogens is 430 g/mol. The highest BCUT2D eigenvalue weighted by Crippen LogP contribution is 2.29. The number of carbonyl (C=O) groups excluding carboxylic acids is 1. The molecule has 0 atom stereocenters. The third-order valence-corrected chi connectivity index (χ3v) is 5.72. The van der Waals surface area contributed by atoms with Gasteiger partial charge in [0.25, 0.3) is 0 Å². The van der Waals surface area contributed by atoms with Gasteiger partial charge in [-0.15, -0.1) is 5.10 Å². The van der Waals surface area contributed by atoms with Crippen LogP contribution in [-0.4, -0.2) is 62.4 Å². The quantitative estimate of drug-likeness (QED) is 0.400. The van der Waals surface area contributed by atoms with Gasteiger partial charge < -0.3 is 18.9 Å². The van der Waals surface area contributed by atoms with Crippen molar-refractivity contribution in [2.24, 2.45) is 10.2 Å². The zero-order chi connectivity index (χ0) is 22.9. The van der Waals surface area contributed by atoms with Crippen LogP contribution in [-0.2, 0) is 11.2 Å². The highest BCUT2D eigenvalue weighted by Gasteiger charge is 2.28. The smallest absolute Gasteiger partial charge is 0.239 e. The van der Waals surface area contributed by atoms with E-state index in [4.69, 9.17) is 18.9 Å². The summed E-state index contributed by atoms with van der Waals surface area (Å²) in [6, 6.07) is 11.3. The summed E-state index contributed by atoms with van der Waals surface area (Å²) in [4.78, 5) is 14.0. The van der Waals surface area contributed by atoms with Crippen LogP contribution < -0.4 is 18.9 Å². The van der Waals surface area contributed by atoms with Crippen molar-refractivity contribution < 1.29 is 23.7 Å². The van der Waals surface area contributed by atoms with Crippen molar-refractivity contribution >= 4 is 29.1 Å². The fourth-order valence-corrected chi connectivity index (χ4v) is 4.02. The van der Waals surface area contributed by atoms with Crippen LogP contribution in [0.4, 0.5) is 0 Å². The van der Waals surface area contributed by atoms with Gasteiger partial charge in [-0.2, -0.15) is 5.10 Å². The van der Waals surface area contributed by atoms with E-state index in [-0.39, 0.29) is 5.91 Å². The molecule has 3 rings (SSSR count). The third kappa shape index (κ3) is 5.73. The van der Waals surface area contributed by atoms with E-state index >= 15 is 0 Å². The van der Waals surface area contributed by atoms with Crippen molar-refractivity contribution in [2.45, 2.75) is 13.3 Å². The second-order valence-corrected chi connectivity index (χ2v) is 7.69. The van der Waals surface area contributed by atoms with Crippen LogP contribution >= 0.6 is 11.8 Å². The van der Waals surface area contributed by atoms with Gasteiger partial charge in [-0.1, -0.05) is 17.8 Å². The molecule has 2 aromatic carbocycles. The van der Waals surface area contributed by atoms with E-state index in [9.17, 15) is 4.79 Å². The fourth-order valence-electron chi connectivity index (χ4n) is 3.15. The molecule has 1 aliphatic heterocycles. The normalized spacial score (nSPS) is 14.9. The molecule has 1 saturated heterocycles. The lowest BCUT2D eigenvalue weighted by atomic mass is 10.1. The van der Waals surface area contributed by atoms with Gasteiger partial charge in [0.15, 0.2) is 28.2 Å². The number of hydrogen-bond donors (Lipinski definition) is 0. The predicted octanol–water partition coefficient (Wildman–Crippen LogP) is 3.62. The van der Waals surface area contributed by atoms with E-state index in [1.807, 2.05) is 43.3 Å². The summed E-state index contributed by atoms with van der Waals surface area (Å²) in [5.74, 6) is 3.02. The van der Waals surface area contributed by atoms with Crippen molar-refractivity contribution in [2.75, 3.05) is 40.2 Å². The number of amides is 1. The van der Waals surface area contributed by atoms with Gasteiger partial charge in [-0.05, 0) is 54.8 Å². The maximum atomic E-state index is 12.3. The molecular formula is C23H27N3O5S. The summed E-state index contributed by atoms with van der Waals surface area (Å²) in [5.41, 5.74) is 1.86. The molecule has 0 unspecified atom stereocenters. The lowest BCUT2D eigenvalue weighted by Crippen LogP contribution is -2.31. The molecule has 1 amide bonds. The maximum absolute atomic E-state index is 12.3. The van der Waals surface area contributed by atoms with E-state index in [0.29, 0.717) is 53.5 Å². The number of nitrogens with zero attached hydrogens (tertiary/aromatic N) is 3. The Balaban J connectivity index is 1.68. The number of rotatable bonds is 10. The molecule has 0 spiro atoms. The van der Waals surface area contributed by atoms with Crippen LogP contribution in [0.2, 0.25) is 0 Å². The van der Waals surface area contributed by atoms with E-state index in [1.165, 1.54) is 11.8 Å². The molecule has 0 aromatic heterocycles. The molecule has 0 bridgehead atoms. The first kappa shape index (κ1) is 23.5. The Hall–Kier alpha value is -3.20. The fraction of sp³-hybridized carbons (Fsp3) is 0.348. The van der Waals surface area contributed by atoms with Gasteiger partial charge in [0.2, 0.25) is 5.91 Å². The Bertz CT molecular complexity index is 1010. The Labute approximate surface area is 192 Å². The van der Waals surface area contributed by atoms with E-state index in [0.717, 1.165) is 11.1 Å². The SMILES string of the molecule is CCOc1ccc(/C=N\N=C2\SCC(=O)N2CCc2ccc(OC)c(OC)c2)cc1OC. The molecule has 0 saturated carbocycles. The van der Waals surface area contributed by atoms with Crippen LogP contribution in [0.5, 0.6) is 23.0 Å². The lowest BCUT2D eigenvalue weighted by molar-refractivity contribution is -0.124. The van der Waals surface area contributed by atoms with Crippen LogP contribution in [0, 0.1) is 0 Å². The minimum atomic E-state index is 0.0205. The van der Waals surface area contributed by atoms with Crippen LogP contribution in [0.25, 0.3) is 0 Å². The summed E-state index contributed by atoms with van der Waals surface area (Å²) >= 11 is 1.38. The number of benzene rings is 2. The highest BCUT2D eigenvalue weighted by atomic mass is 32.2. The first-order chi connectivity index (χ1) is 15.6. The molecule has 8 nitrogen and oxygen atoms in total. The summed E-state index contributed by atoms with van der Waals surface area (Å²) < 4.78 is 21.5. The molecule has 2 aromatic rings. The molecule has 170 valence electrons. The van der Waals surface area contributed by atoms with Gasteiger partial charge >= 0.3 is 0 Å². The van der Waals surface area contributed by atoms with Gasteiger partial charge in [-0.3, -0.25) is 9.69 Å². The molecule has 9 heteroatoms. The Kier molecular flexibility index (Phi) is 8.38. The molecule has 1 fully saturated rings. The van der Waals surface area contributed by atoms with E-state index in [2.05, 4.69) is 10.2 Å².